The van der Waals surface area contributed by atoms with E-state index >= 15 is 0 Å². The smallest absolute Gasteiger partial charge is 0.252 e. The fourth-order valence-electron chi connectivity index (χ4n) is 1.17. The van der Waals surface area contributed by atoms with Crippen LogP contribution in [0.3, 0.4) is 0 Å². The van der Waals surface area contributed by atoms with E-state index < -0.39 is 0 Å². The van der Waals surface area contributed by atoms with Crippen molar-refractivity contribution in [1.29, 1.82) is 0 Å². The van der Waals surface area contributed by atoms with Crippen LogP contribution in [0.2, 0.25) is 0 Å². The number of carbonyl (C=O) groups is 1. The van der Waals surface area contributed by atoms with Crippen LogP contribution in [0.25, 0.3) is 0 Å². The van der Waals surface area contributed by atoms with Gasteiger partial charge in [-0.1, -0.05) is 6.92 Å². The van der Waals surface area contributed by atoms with Crippen LogP contribution in [0.1, 0.15) is 19.2 Å². The first-order chi connectivity index (χ1) is 7.61. The van der Waals surface area contributed by atoms with Gasteiger partial charge in [-0.3, -0.25) is 9.59 Å². The third kappa shape index (κ3) is 4.12. The van der Waals surface area contributed by atoms with Gasteiger partial charge in [0, 0.05) is 12.6 Å². The summed E-state index contributed by atoms with van der Waals surface area (Å²) in [6, 6.07) is 1.32. The Bertz CT molecular complexity index is 414. The molecule has 1 rings (SSSR count). The summed E-state index contributed by atoms with van der Waals surface area (Å²) >= 11 is 0. The van der Waals surface area contributed by atoms with E-state index in [0.717, 1.165) is 6.42 Å². The monoisotopic (exact) mass is 224 g/mol. The van der Waals surface area contributed by atoms with Crippen LogP contribution in [0.5, 0.6) is 0 Å². The molecule has 0 aliphatic heterocycles. The molecular weight excluding hydrogens is 208 g/mol. The van der Waals surface area contributed by atoms with Crippen molar-refractivity contribution < 1.29 is 4.79 Å². The molecule has 1 aromatic heterocycles. The molecule has 0 radical (unpaired) electrons. The van der Waals surface area contributed by atoms with E-state index in [0.29, 0.717) is 18.2 Å². The number of H-pyrrole nitrogens is 1. The second kappa shape index (κ2) is 5.89. The Balaban J connectivity index is 2.48. The molecule has 6 heteroatoms. The molecule has 0 fully saturated rings. The lowest BCUT2D eigenvalue weighted by Gasteiger charge is -2.06. The Labute approximate surface area is 93.5 Å². The Morgan fingerprint density at radius 3 is 2.94 bits per heavy atom. The predicted molar refractivity (Wildman–Crippen MR) is 61.4 cm³/mol. The highest BCUT2D eigenvalue weighted by Gasteiger charge is 2.01. The Hall–Kier alpha value is -1.85. The third-order valence-electron chi connectivity index (χ3n) is 1.86. The number of carbonyl (C=O) groups excluding carboxylic acids is 1. The van der Waals surface area contributed by atoms with Crippen LogP contribution in [0.15, 0.2) is 10.9 Å². The fourth-order valence-corrected chi connectivity index (χ4v) is 1.17. The van der Waals surface area contributed by atoms with Gasteiger partial charge in [-0.15, -0.1) is 0 Å². The number of aryl methyl sites for hydroxylation is 1. The van der Waals surface area contributed by atoms with E-state index in [1.54, 1.807) is 6.92 Å². The molecule has 0 aliphatic carbocycles. The molecule has 6 nitrogen and oxygen atoms in total. The van der Waals surface area contributed by atoms with Crippen molar-refractivity contribution >= 4 is 11.7 Å². The zero-order valence-corrected chi connectivity index (χ0v) is 9.46. The molecule has 0 atom stereocenters. The molecule has 88 valence electrons. The topological polar surface area (TPSA) is 86.9 Å². The summed E-state index contributed by atoms with van der Waals surface area (Å²) in [5, 5.41) is 5.51. The summed E-state index contributed by atoms with van der Waals surface area (Å²) in [7, 11) is 0. The number of anilines is 1. The predicted octanol–water partition coefficient (Wildman–Crippen LogP) is 0.0164. The van der Waals surface area contributed by atoms with Crippen LogP contribution in [-0.2, 0) is 4.79 Å². The van der Waals surface area contributed by atoms with E-state index in [1.807, 2.05) is 6.92 Å². The fraction of sp³-hybridized carbons (Fsp3) is 0.500. The quantitative estimate of drug-likeness (QED) is 0.658. The van der Waals surface area contributed by atoms with Crippen LogP contribution in [0, 0.1) is 6.92 Å². The van der Waals surface area contributed by atoms with Gasteiger partial charge in [0.25, 0.3) is 5.56 Å². The first kappa shape index (κ1) is 12.2. The number of aromatic nitrogens is 2. The zero-order valence-electron chi connectivity index (χ0n) is 9.46. The Morgan fingerprint density at radius 1 is 1.56 bits per heavy atom. The normalized spacial score (nSPS) is 9.88. The van der Waals surface area contributed by atoms with Crippen LogP contribution in [-0.4, -0.2) is 29.0 Å². The molecule has 1 amide bonds. The number of amides is 1. The molecule has 0 bridgehead atoms. The van der Waals surface area contributed by atoms with Crippen molar-refractivity contribution in [2.75, 3.05) is 18.4 Å². The number of aromatic amines is 1. The van der Waals surface area contributed by atoms with Crippen molar-refractivity contribution in [3.8, 4) is 0 Å². The molecule has 0 aliphatic rings. The first-order valence-corrected chi connectivity index (χ1v) is 5.20. The minimum atomic E-state index is -0.232. The lowest BCUT2D eigenvalue weighted by atomic mass is 10.4. The van der Waals surface area contributed by atoms with E-state index in [2.05, 4.69) is 20.6 Å². The largest absolute Gasteiger partial charge is 0.361 e. The number of hydrogen-bond donors (Lipinski definition) is 3. The molecule has 16 heavy (non-hydrogen) atoms. The van der Waals surface area contributed by atoms with Crippen LogP contribution < -0.4 is 16.2 Å². The summed E-state index contributed by atoms with van der Waals surface area (Å²) in [5.41, 5.74) is -0.232. The van der Waals surface area contributed by atoms with Crippen molar-refractivity contribution in [2.24, 2.45) is 0 Å². The van der Waals surface area contributed by atoms with Crippen molar-refractivity contribution in [2.45, 2.75) is 20.3 Å². The maximum Gasteiger partial charge on any atom is 0.252 e. The van der Waals surface area contributed by atoms with Gasteiger partial charge in [-0.05, 0) is 13.3 Å². The highest BCUT2D eigenvalue weighted by atomic mass is 16.2. The molecule has 0 aromatic carbocycles. The number of rotatable bonds is 5. The van der Waals surface area contributed by atoms with Gasteiger partial charge in [0.2, 0.25) is 5.91 Å². The minimum Gasteiger partial charge on any atom is -0.361 e. The van der Waals surface area contributed by atoms with Gasteiger partial charge >= 0.3 is 0 Å². The van der Waals surface area contributed by atoms with E-state index in [1.165, 1.54) is 6.07 Å². The van der Waals surface area contributed by atoms with Gasteiger partial charge in [0.15, 0.2) is 0 Å². The van der Waals surface area contributed by atoms with E-state index in [-0.39, 0.29) is 18.0 Å². The molecule has 0 saturated carbocycles. The SMILES string of the molecule is CCCNC(=O)CNc1cc(=O)[nH]c(C)n1. The highest BCUT2D eigenvalue weighted by Crippen LogP contribution is 1.96. The summed E-state index contributed by atoms with van der Waals surface area (Å²) < 4.78 is 0. The van der Waals surface area contributed by atoms with Gasteiger partial charge in [0.05, 0.1) is 6.54 Å². The Morgan fingerprint density at radius 2 is 2.31 bits per heavy atom. The number of hydrogen-bond acceptors (Lipinski definition) is 4. The van der Waals surface area contributed by atoms with Crippen LogP contribution in [0.4, 0.5) is 5.82 Å². The van der Waals surface area contributed by atoms with Crippen molar-refractivity contribution in [1.82, 2.24) is 15.3 Å². The van der Waals surface area contributed by atoms with E-state index in [4.69, 9.17) is 0 Å². The average Bonchev–Trinajstić information content (AvgIpc) is 2.22. The maximum absolute atomic E-state index is 11.3. The first-order valence-electron chi connectivity index (χ1n) is 5.20. The van der Waals surface area contributed by atoms with Crippen molar-refractivity contribution in [3.05, 3.63) is 22.2 Å². The molecule has 0 spiro atoms. The Kier molecular flexibility index (Phi) is 4.50. The second-order valence-electron chi connectivity index (χ2n) is 3.42. The van der Waals surface area contributed by atoms with Gasteiger partial charge < -0.3 is 15.6 Å². The van der Waals surface area contributed by atoms with Crippen molar-refractivity contribution in [3.63, 3.8) is 0 Å². The lowest BCUT2D eigenvalue weighted by molar-refractivity contribution is -0.119. The molecule has 0 unspecified atom stereocenters. The van der Waals surface area contributed by atoms with E-state index in [9.17, 15) is 9.59 Å². The molecule has 1 heterocycles. The standard InChI is InChI=1S/C10H16N4O2/c1-3-4-11-10(16)6-12-8-5-9(15)14-7(2)13-8/h5H,3-4,6H2,1-2H3,(H,11,16)(H2,12,13,14,15). The second-order valence-corrected chi connectivity index (χ2v) is 3.42. The molecule has 0 saturated heterocycles. The molecular formula is C10H16N4O2. The summed E-state index contributed by atoms with van der Waals surface area (Å²) in [5.74, 6) is 0.818. The van der Waals surface area contributed by atoms with Gasteiger partial charge in [-0.25, -0.2) is 4.98 Å². The summed E-state index contributed by atoms with van der Waals surface area (Å²) in [4.78, 5) is 28.9. The minimum absolute atomic E-state index is 0.110. The third-order valence-corrected chi connectivity index (χ3v) is 1.86. The maximum atomic E-state index is 11.3. The van der Waals surface area contributed by atoms with Crippen LogP contribution >= 0.6 is 0 Å². The average molecular weight is 224 g/mol. The van der Waals surface area contributed by atoms with Gasteiger partial charge in [0.1, 0.15) is 11.6 Å². The lowest BCUT2D eigenvalue weighted by Crippen LogP contribution is -2.30. The summed E-state index contributed by atoms with van der Waals surface area (Å²) in [6.45, 7) is 4.44. The number of nitrogens with zero attached hydrogens (tertiary/aromatic N) is 1. The summed E-state index contributed by atoms with van der Waals surface area (Å²) in [6.07, 6.45) is 0.897. The number of nitrogens with one attached hydrogen (secondary N) is 3. The van der Waals surface area contributed by atoms with Gasteiger partial charge in [-0.2, -0.15) is 0 Å². The molecule has 3 N–H and O–H groups in total. The highest BCUT2D eigenvalue weighted by molar-refractivity contribution is 5.80. The molecule has 1 aromatic rings. The zero-order chi connectivity index (χ0) is 12.0.